The Morgan fingerprint density at radius 2 is 1.95 bits per heavy atom. The van der Waals surface area contributed by atoms with Crippen LogP contribution in [0.1, 0.15) is 42.1 Å². The Morgan fingerprint density at radius 1 is 1.24 bits per heavy atom. The third-order valence-corrected chi connectivity index (χ3v) is 5.05. The highest BCUT2D eigenvalue weighted by molar-refractivity contribution is 5.94. The van der Waals surface area contributed by atoms with Crippen LogP contribution < -0.4 is 5.73 Å². The number of halogens is 1. The second-order valence-electron chi connectivity index (χ2n) is 6.28. The van der Waals surface area contributed by atoms with Crippen molar-refractivity contribution in [2.24, 2.45) is 17.6 Å². The Kier molecular flexibility index (Phi) is 5.28. The number of hydrogen-bond donors (Lipinski definition) is 1. The van der Waals surface area contributed by atoms with E-state index in [-0.39, 0.29) is 24.4 Å². The summed E-state index contributed by atoms with van der Waals surface area (Å²) in [6, 6.07) is 8.32. The molecule has 2 aliphatic rings. The van der Waals surface area contributed by atoms with Gasteiger partial charge in [-0.3, -0.25) is 4.79 Å². The number of nitrogens with two attached hydrogens (primary N) is 1. The molecule has 0 bridgehead atoms. The topological polar surface area (TPSA) is 46.3 Å². The Hall–Kier alpha value is -1.06. The van der Waals surface area contributed by atoms with Gasteiger partial charge in [-0.2, -0.15) is 0 Å². The molecule has 0 spiro atoms. The van der Waals surface area contributed by atoms with Gasteiger partial charge in [-0.1, -0.05) is 25.5 Å². The molecule has 116 valence electrons. The van der Waals surface area contributed by atoms with E-state index in [1.165, 1.54) is 18.4 Å². The number of rotatable bonds is 2. The third-order valence-electron chi connectivity index (χ3n) is 5.05. The lowest BCUT2D eigenvalue weighted by Gasteiger charge is -2.29. The summed E-state index contributed by atoms with van der Waals surface area (Å²) in [5.74, 6) is 1.31. The molecule has 1 aromatic carbocycles. The highest BCUT2D eigenvalue weighted by Crippen LogP contribution is 2.36. The van der Waals surface area contributed by atoms with Crippen molar-refractivity contribution >= 4 is 18.3 Å². The average molecular weight is 309 g/mol. The van der Waals surface area contributed by atoms with Gasteiger partial charge in [-0.15, -0.1) is 12.4 Å². The standard InChI is InChI=1S/C17H24N2O.ClH/c1-2-12-6-8-13(9-7-12)17(20)19-10-14-4-3-5-16(18)15(14)11-19;/h6-9,14-16H,2-5,10-11,18H2,1H3;1H. The molecule has 2 fully saturated rings. The number of benzene rings is 1. The van der Waals surface area contributed by atoms with E-state index in [0.717, 1.165) is 31.5 Å². The van der Waals surface area contributed by atoms with E-state index < -0.39 is 0 Å². The first-order valence-corrected chi connectivity index (χ1v) is 7.83. The summed E-state index contributed by atoms with van der Waals surface area (Å²) in [5.41, 5.74) is 8.31. The van der Waals surface area contributed by atoms with Crippen molar-refractivity contribution in [3.05, 3.63) is 35.4 Å². The largest absolute Gasteiger partial charge is 0.338 e. The van der Waals surface area contributed by atoms with Crippen LogP contribution in [0.15, 0.2) is 24.3 Å². The minimum atomic E-state index is 0. The molecule has 3 nitrogen and oxygen atoms in total. The number of likely N-dealkylation sites (tertiary alicyclic amines) is 1. The van der Waals surface area contributed by atoms with E-state index in [1.807, 2.05) is 17.0 Å². The van der Waals surface area contributed by atoms with Crippen molar-refractivity contribution < 1.29 is 4.79 Å². The average Bonchev–Trinajstić information content (AvgIpc) is 2.92. The fraction of sp³-hybridized carbons (Fsp3) is 0.588. The van der Waals surface area contributed by atoms with E-state index in [9.17, 15) is 4.79 Å². The van der Waals surface area contributed by atoms with Crippen molar-refractivity contribution in [1.29, 1.82) is 0 Å². The molecule has 1 heterocycles. The number of carbonyl (C=O) groups excluding carboxylic acids is 1. The van der Waals surface area contributed by atoms with Crippen molar-refractivity contribution in [2.75, 3.05) is 13.1 Å². The minimum Gasteiger partial charge on any atom is -0.338 e. The summed E-state index contributed by atoms with van der Waals surface area (Å²) in [6.45, 7) is 3.87. The fourth-order valence-electron chi connectivity index (χ4n) is 3.75. The highest BCUT2D eigenvalue weighted by Gasteiger charge is 2.40. The minimum absolute atomic E-state index is 0. The second kappa shape index (κ2) is 6.80. The monoisotopic (exact) mass is 308 g/mol. The molecule has 3 atom stereocenters. The van der Waals surface area contributed by atoms with Gasteiger partial charge in [0.05, 0.1) is 0 Å². The lowest BCUT2D eigenvalue weighted by atomic mass is 9.78. The summed E-state index contributed by atoms with van der Waals surface area (Å²) in [5, 5.41) is 0. The first kappa shape index (κ1) is 16.3. The Morgan fingerprint density at radius 3 is 2.57 bits per heavy atom. The van der Waals surface area contributed by atoms with E-state index in [1.54, 1.807) is 0 Å². The molecule has 4 heteroatoms. The van der Waals surface area contributed by atoms with Gasteiger partial charge in [0.2, 0.25) is 0 Å². The van der Waals surface area contributed by atoms with Gasteiger partial charge >= 0.3 is 0 Å². The number of fused-ring (bicyclic) bond motifs is 1. The number of carbonyl (C=O) groups is 1. The van der Waals surface area contributed by atoms with Crippen molar-refractivity contribution in [2.45, 2.75) is 38.6 Å². The summed E-state index contributed by atoms with van der Waals surface area (Å²) in [6.07, 6.45) is 4.58. The number of nitrogens with zero attached hydrogens (tertiary/aromatic N) is 1. The van der Waals surface area contributed by atoms with E-state index in [2.05, 4.69) is 19.1 Å². The van der Waals surface area contributed by atoms with E-state index in [4.69, 9.17) is 5.73 Å². The van der Waals surface area contributed by atoms with Crippen LogP contribution in [0.5, 0.6) is 0 Å². The summed E-state index contributed by atoms with van der Waals surface area (Å²) < 4.78 is 0. The second-order valence-corrected chi connectivity index (χ2v) is 6.28. The van der Waals surface area contributed by atoms with Crippen LogP contribution in [-0.2, 0) is 6.42 Å². The molecular weight excluding hydrogens is 284 g/mol. The molecule has 1 aromatic rings. The molecular formula is C17H25ClN2O. The van der Waals surface area contributed by atoms with Crippen molar-refractivity contribution in [3.8, 4) is 0 Å². The maximum absolute atomic E-state index is 12.6. The van der Waals surface area contributed by atoms with Crippen LogP contribution in [0.25, 0.3) is 0 Å². The molecule has 3 rings (SSSR count). The molecule has 1 amide bonds. The fourth-order valence-corrected chi connectivity index (χ4v) is 3.75. The molecule has 1 aliphatic carbocycles. The van der Waals surface area contributed by atoms with Gasteiger partial charge < -0.3 is 10.6 Å². The normalized spacial score (nSPS) is 27.9. The van der Waals surface area contributed by atoms with Crippen LogP contribution in [-0.4, -0.2) is 29.9 Å². The van der Waals surface area contributed by atoms with Crippen molar-refractivity contribution in [3.63, 3.8) is 0 Å². The predicted molar refractivity (Wildman–Crippen MR) is 87.8 cm³/mol. The van der Waals surface area contributed by atoms with Crippen LogP contribution in [0, 0.1) is 11.8 Å². The van der Waals surface area contributed by atoms with E-state index >= 15 is 0 Å². The number of aryl methyl sites for hydroxylation is 1. The summed E-state index contributed by atoms with van der Waals surface area (Å²) in [4.78, 5) is 14.6. The highest BCUT2D eigenvalue weighted by atomic mass is 35.5. The van der Waals surface area contributed by atoms with Crippen LogP contribution in [0.2, 0.25) is 0 Å². The van der Waals surface area contributed by atoms with Crippen LogP contribution in [0.3, 0.4) is 0 Å². The van der Waals surface area contributed by atoms with Gasteiger partial charge in [-0.05, 0) is 48.8 Å². The molecule has 1 saturated carbocycles. The van der Waals surface area contributed by atoms with Gasteiger partial charge in [0.1, 0.15) is 0 Å². The molecule has 0 radical (unpaired) electrons. The first-order chi connectivity index (χ1) is 9.69. The van der Waals surface area contributed by atoms with Gasteiger partial charge in [0.25, 0.3) is 5.91 Å². The third kappa shape index (κ3) is 3.24. The van der Waals surface area contributed by atoms with Crippen molar-refractivity contribution in [1.82, 2.24) is 4.90 Å². The lowest BCUT2D eigenvalue weighted by molar-refractivity contribution is 0.0783. The van der Waals surface area contributed by atoms with Gasteiger partial charge in [0, 0.05) is 24.7 Å². The summed E-state index contributed by atoms with van der Waals surface area (Å²) >= 11 is 0. The zero-order valence-corrected chi connectivity index (χ0v) is 13.4. The summed E-state index contributed by atoms with van der Waals surface area (Å²) in [7, 11) is 0. The predicted octanol–water partition coefficient (Wildman–Crippen LogP) is 2.87. The quantitative estimate of drug-likeness (QED) is 0.913. The molecule has 0 aromatic heterocycles. The Labute approximate surface area is 133 Å². The van der Waals surface area contributed by atoms with Crippen LogP contribution >= 0.6 is 12.4 Å². The SMILES string of the molecule is CCc1ccc(C(=O)N2CC3CCCC(N)C3C2)cc1.Cl. The molecule has 2 N–H and O–H groups in total. The molecule has 1 aliphatic heterocycles. The van der Waals surface area contributed by atoms with Gasteiger partial charge in [-0.25, -0.2) is 0 Å². The number of hydrogen-bond acceptors (Lipinski definition) is 2. The van der Waals surface area contributed by atoms with Gasteiger partial charge in [0.15, 0.2) is 0 Å². The molecule has 21 heavy (non-hydrogen) atoms. The Balaban J connectivity index is 0.00000161. The number of amides is 1. The maximum Gasteiger partial charge on any atom is 0.253 e. The van der Waals surface area contributed by atoms with E-state index in [0.29, 0.717) is 11.8 Å². The Bertz CT molecular complexity index is 488. The first-order valence-electron chi connectivity index (χ1n) is 7.83. The maximum atomic E-state index is 12.6. The molecule has 3 unspecified atom stereocenters. The lowest BCUT2D eigenvalue weighted by Crippen LogP contribution is -2.38. The van der Waals surface area contributed by atoms with Crippen LogP contribution in [0.4, 0.5) is 0 Å². The smallest absolute Gasteiger partial charge is 0.253 e. The molecule has 1 saturated heterocycles. The zero-order chi connectivity index (χ0) is 14.1. The zero-order valence-electron chi connectivity index (χ0n) is 12.6.